The van der Waals surface area contributed by atoms with Gasteiger partial charge in [-0.2, -0.15) is 4.31 Å². The molecule has 182 valence electrons. The SMILES string of the molecule is CCOC(=O)CN(C(CCCN)Cc1ccccc1)S(=O)(=O)c1ccccc1OC(F)(F)F. The van der Waals surface area contributed by atoms with E-state index < -0.39 is 45.6 Å². The summed E-state index contributed by atoms with van der Waals surface area (Å²) in [6.45, 7) is 1.19. The Balaban J connectivity index is 2.55. The summed E-state index contributed by atoms with van der Waals surface area (Å²) in [5.74, 6) is -1.70. The second kappa shape index (κ2) is 12.0. The van der Waals surface area contributed by atoms with Crippen LogP contribution in [-0.2, 0) is 26.0 Å². The lowest BCUT2D eigenvalue weighted by molar-refractivity contribution is -0.275. The highest BCUT2D eigenvalue weighted by Gasteiger charge is 2.38. The Morgan fingerprint density at radius 1 is 1.09 bits per heavy atom. The Kier molecular flexibility index (Phi) is 9.69. The van der Waals surface area contributed by atoms with Crippen LogP contribution in [0.15, 0.2) is 59.5 Å². The number of hydrogen-bond acceptors (Lipinski definition) is 6. The van der Waals surface area contributed by atoms with Crippen LogP contribution in [0.3, 0.4) is 0 Å². The maximum absolute atomic E-state index is 13.6. The van der Waals surface area contributed by atoms with E-state index in [1.54, 1.807) is 37.3 Å². The molecule has 0 aliphatic rings. The fraction of sp³-hybridized carbons (Fsp3) is 0.409. The largest absolute Gasteiger partial charge is 0.573 e. The zero-order valence-corrected chi connectivity index (χ0v) is 18.9. The van der Waals surface area contributed by atoms with E-state index in [1.165, 1.54) is 12.1 Å². The summed E-state index contributed by atoms with van der Waals surface area (Å²) in [6.07, 6.45) is -4.15. The van der Waals surface area contributed by atoms with Crippen molar-refractivity contribution in [3.05, 3.63) is 60.2 Å². The van der Waals surface area contributed by atoms with Crippen LogP contribution in [0, 0.1) is 0 Å². The number of esters is 1. The topological polar surface area (TPSA) is 98.9 Å². The van der Waals surface area contributed by atoms with Crippen LogP contribution < -0.4 is 10.5 Å². The molecule has 0 aliphatic carbocycles. The third kappa shape index (κ3) is 8.02. The lowest BCUT2D eigenvalue weighted by Crippen LogP contribution is -2.45. The van der Waals surface area contributed by atoms with E-state index in [4.69, 9.17) is 10.5 Å². The molecular weight excluding hydrogens is 461 g/mol. The summed E-state index contributed by atoms with van der Waals surface area (Å²) in [7, 11) is -4.60. The summed E-state index contributed by atoms with van der Waals surface area (Å²) in [5, 5.41) is 0. The van der Waals surface area contributed by atoms with Crippen molar-refractivity contribution < 1.29 is 35.9 Å². The second-order valence-corrected chi connectivity index (χ2v) is 8.98. The fourth-order valence-corrected chi connectivity index (χ4v) is 5.05. The van der Waals surface area contributed by atoms with Crippen molar-refractivity contribution in [1.29, 1.82) is 0 Å². The predicted octanol–water partition coefficient (Wildman–Crippen LogP) is 3.49. The highest BCUT2D eigenvalue weighted by Crippen LogP contribution is 2.33. The quantitative estimate of drug-likeness (QED) is 0.459. The second-order valence-electron chi connectivity index (χ2n) is 7.12. The first-order valence-corrected chi connectivity index (χ1v) is 11.8. The first-order chi connectivity index (χ1) is 15.6. The van der Waals surface area contributed by atoms with Crippen molar-refractivity contribution in [2.75, 3.05) is 19.7 Å². The number of carbonyl (C=O) groups is 1. The molecule has 2 aromatic carbocycles. The maximum atomic E-state index is 13.6. The number of hydrogen-bond donors (Lipinski definition) is 1. The molecule has 0 saturated carbocycles. The number of ether oxygens (including phenoxy) is 2. The first kappa shape index (κ1) is 26.6. The molecule has 33 heavy (non-hydrogen) atoms. The van der Waals surface area contributed by atoms with Crippen molar-refractivity contribution in [2.24, 2.45) is 5.73 Å². The summed E-state index contributed by atoms with van der Waals surface area (Å²) < 4.78 is 75.7. The Hall–Kier alpha value is -2.63. The zero-order chi connectivity index (χ0) is 24.5. The van der Waals surface area contributed by atoms with Gasteiger partial charge < -0.3 is 15.2 Å². The van der Waals surface area contributed by atoms with Crippen molar-refractivity contribution in [3.8, 4) is 5.75 Å². The molecule has 0 amide bonds. The van der Waals surface area contributed by atoms with Crippen molar-refractivity contribution in [2.45, 2.75) is 43.5 Å². The highest BCUT2D eigenvalue weighted by molar-refractivity contribution is 7.89. The maximum Gasteiger partial charge on any atom is 0.573 e. The number of rotatable bonds is 12. The molecular formula is C22H27F3N2O5S. The monoisotopic (exact) mass is 488 g/mol. The molecule has 2 N–H and O–H groups in total. The van der Waals surface area contributed by atoms with Gasteiger partial charge in [0.1, 0.15) is 17.2 Å². The zero-order valence-electron chi connectivity index (χ0n) is 18.1. The normalized spacial score (nSPS) is 13.0. The molecule has 0 bridgehead atoms. The number of nitrogens with zero attached hydrogens (tertiary/aromatic N) is 1. The number of carbonyl (C=O) groups excluding carboxylic acids is 1. The van der Waals surface area contributed by atoms with E-state index in [-0.39, 0.29) is 26.0 Å². The number of sulfonamides is 1. The van der Waals surface area contributed by atoms with E-state index in [9.17, 15) is 26.4 Å². The standard InChI is InChI=1S/C22H27F3N2O5S/c1-2-31-21(28)16-27(18(11-8-14-26)15-17-9-4-3-5-10-17)33(29,30)20-13-7-6-12-19(20)32-22(23,24)25/h3-7,9-10,12-13,18H,2,8,11,14-16,26H2,1H3. The molecule has 2 aromatic rings. The molecule has 0 fully saturated rings. The summed E-state index contributed by atoms with van der Waals surface area (Å²) in [5.41, 5.74) is 6.42. The number of benzene rings is 2. The molecule has 1 unspecified atom stereocenters. The van der Waals surface area contributed by atoms with Gasteiger partial charge in [-0.1, -0.05) is 42.5 Å². The Bertz CT molecular complexity index is 1000. The molecule has 1 atom stereocenters. The van der Waals surface area contributed by atoms with Gasteiger partial charge >= 0.3 is 12.3 Å². The summed E-state index contributed by atoms with van der Waals surface area (Å²) in [4.78, 5) is 11.6. The van der Waals surface area contributed by atoms with Gasteiger partial charge in [0.2, 0.25) is 10.0 Å². The van der Waals surface area contributed by atoms with Crippen LogP contribution >= 0.6 is 0 Å². The number of nitrogens with two attached hydrogens (primary N) is 1. The predicted molar refractivity (Wildman–Crippen MR) is 116 cm³/mol. The molecule has 11 heteroatoms. The van der Waals surface area contributed by atoms with Gasteiger partial charge in [0.15, 0.2) is 0 Å². The minimum atomic E-state index is -5.10. The summed E-state index contributed by atoms with van der Waals surface area (Å²) >= 11 is 0. The Labute approximate surface area is 191 Å². The molecule has 0 spiro atoms. The molecule has 0 saturated heterocycles. The van der Waals surface area contributed by atoms with Gasteiger partial charge in [-0.15, -0.1) is 13.2 Å². The van der Waals surface area contributed by atoms with Crippen LogP contribution in [0.5, 0.6) is 5.75 Å². The van der Waals surface area contributed by atoms with E-state index in [0.717, 1.165) is 22.0 Å². The van der Waals surface area contributed by atoms with E-state index in [1.807, 2.05) is 0 Å². The third-order valence-electron chi connectivity index (χ3n) is 4.71. The molecule has 0 radical (unpaired) electrons. The van der Waals surface area contributed by atoms with E-state index >= 15 is 0 Å². The van der Waals surface area contributed by atoms with Gasteiger partial charge in [0, 0.05) is 6.04 Å². The fourth-order valence-electron chi connectivity index (χ4n) is 3.33. The van der Waals surface area contributed by atoms with Crippen LogP contribution in [0.25, 0.3) is 0 Å². The van der Waals surface area contributed by atoms with Crippen molar-refractivity contribution >= 4 is 16.0 Å². The van der Waals surface area contributed by atoms with Crippen molar-refractivity contribution in [1.82, 2.24) is 4.31 Å². The number of para-hydroxylation sites is 1. The average Bonchev–Trinajstić information content (AvgIpc) is 2.75. The summed E-state index contributed by atoms with van der Waals surface area (Å²) in [6, 6.07) is 12.6. The highest BCUT2D eigenvalue weighted by atomic mass is 32.2. The van der Waals surface area contributed by atoms with E-state index in [0.29, 0.717) is 6.42 Å². The smallest absolute Gasteiger partial charge is 0.465 e. The van der Waals surface area contributed by atoms with E-state index in [2.05, 4.69) is 4.74 Å². The Morgan fingerprint density at radius 2 is 1.73 bits per heavy atom. The minimum absolute atomic E-state index is 0.0205. The average molecular weight is 489 g/mol. The van der Waals surface area contributed by atoms with Gasteiger partial charge in [-0.05, 0) is 50.4 Å². The van der Waals surface area contributed by atoms with Gasteiger partial charge in [0.25, 0.3) is 0 Å². The van der Waals surface area contributed by atoms with Crippen LogP contribution in [0.4, 0.5) is 13.2 Å². The third-order valence-corrected chi connectivity index (χ3v) is 6.65. The molecule has 0 aromatic heterocycles. The first-order valence-electron chi connectivity index (χ1n) is 10.3. The molecule has 7 nitrogen and oxygen atoms in total. The lowest BCUT2D eigenvalue weighted by atomic mass is 10.0. The van der Waals surface area contributed by atoms with Gasteiger partial charge in [-0.25, -0.2) is 8.42 Å². The van der Waals surface area contributed by atoms with Crippen LogP contribution in [-0.4, -0.2) is 50.8 Å². The Morgan fingerprint density at radius 3 is 2.33 bits per heavy atom. The minimum Gasteiger partial charge on any atom is -0.465 e. The molecule has 0 heterocycles. The van der Waals surface area contributed by atoms with Crippen molar-refractivity contribution in [3.63, 3.8) is 0 Å². The lowest BCUT2D eigenvalue weighted by Gasteiger charge is -2.31. The molecule has 2 rings (SSSR count). The van der Waals surface area contributed by atoms with Gasteiger partial charge in [-0.3, -0.25) is 4.79 Å². The van der Waals surface area contributed by atoms with Crippen LogP contribution in [0.1, 0.15) is 25.3 Å². The number of alkyl halides is 3. The van der Waals surface area contributed by atoms with Crippen LogP contribution in [0.2, 0.25) is 0 Å². The van der Waals surface area contributed by atoms with Gasteiger partial charge in [0.05, 0.1) is 6.61 Å². The number of halogens is 3. The molecule has 0 aliphatic heterocycles.